The Hall–Kier alpha value is -1.17. The Labute approximate surface area is 119 Å². The van der Waals surface area contributed by atoms with E-state index in [1.807, 2.05) is 6.07 Å². The van der Waals surface area contributed by atoms with Gasteiger partial charge in [0, 0.05) is 10.9 Å². The monoisotopic (exact) mass is 336 g/mol. The fourth-order valence-electron chi connectivity index (χ4n) is 1.73. The summed E-state index contributed by atoms with van der Waals surface area (Å²) >= 11 is 3.28. The van der Waals surface area contributed by atoms with Crippen molar-refractivity contribution in [3.05, 3.63) is 28.8 Å². The lowest BCUT2D eigenvalue weighted by molar-refractivity contribution is -0.142. The summed E-state index contributed by atoms with van der Waals surface area (Å²) in [7, 11) is 0. The lowest BCUT2D eigenvalue weighted by Gasteiger charge is -2.15. The molecule has 1 aromatic rings. The molecule has 0 saturated carbocycles. The van der Waals surface area contributed by atoms with Crippen molar-refractivity contribution in [1.82, 2.24) is 0 Å². The smallest absolute Gasteiger partial charge is 0.387 e. The number of halogens is 3. The lowest BCUT2D eigenvalue weighted by atomic mass is 10.0. The molecule has 0 saturated heterocycles. The van der Waals surface area contributed by atoms with Crippen LogP contribution < -0.4 is 4.74 Å². The van der Waals surface area contributed by atoms with Crippen LogP contribution in [-0.4, -0.2) is 19.2 Å². The second-order valence-corrected chi connectivity index (χ2v) is 4.46. The number of ether oxygens (including phenoxy) is 2. The van der Waals surface area contributed by atoms with Crippen LogP contribution in [0, 0.1) is 6.92 Å². The minimum Gasteiger partial charge on any atom is -0.466 e. The molecule has 0 aliphatic carbocycles. The summed E-state index contributed by atoms with van der Waals surface area (Å²) in [6.07, 6.45) is -0.0862. The van der Waals surface area contributed by atoms with Crippen LogP contribution in [0.5, 0.6) is 5.75 Å². The number of carbonyl (C=O) groups is 1. The number of rotatable bonds is 6. The van der Waals surface area contributed by atoms with Crippen molar-refractivity contribution < 1.29 is 23.0 Å². The summed E-state index contributed by atoms with van der Waals surface area (Å²) < 4.78 is 34.1. The maximum Gasteiger partial charge on any atom is 0.387 e. The Balaban J connectivity index is 3.12. The minimum atomic E-state index is -2.93. The Morgan fingerprint density at radius 1 is 1.42 bits per heavy atom. The summed E-state index contributed by atoms with van der Waals surface area (Å²) in [4.78, 5) is 11.5. The first kappa shape index (κ1) is 15.9. The van der Waals surface area contributed by atoms with Crippen LogP contribution in [0.15, 0.2) is 12.1 Å². The van der Waals surface area contributed by atoms with E-state index in [4.69, 9.17) is 4.74 Å². The predicted molar refractivity (Wildman–Crippen MR) is 70.8 cm³/mol. The first-order valence-corrected chi connectivity index (χ1v) is 6.88. The summed E-state index contributed by atoms with van der Waals surface area (Å²) in [5, 5.41) is 0.447. The molecule has 0 bridgehead atoms. The van der Waals surface area contributed by atoms with E-state index in [0.29, 0.717) is 10.9 Å². The number of aryl methyl sites for hydroxylation is 1. The molecular weight excluding hydrogens is 322 g/mol. The fraction of sp³-hybridized carbons (Fsp3) is 0.462. The van der Waals surface area contributed by atoms with Crippen LogP contribution >= 0.6 is 15.9 Å². The number of alkyl halides is 3. The second-order valence-electron chi connectivity index (χ2n) is 3.89. The molecule has 106 valence electrons. The van der Waals surface area contributed by atoms with Crippen molar-refractivity contribution >= 4 is 21.9 Å². The number of hydrogen-bond donors (Lipinski definition) is 0. The fourth-order valence-corrected chi connectivity index (χ4v) is 2.23. The van der Waals surface area contributed by atoms with Gasteiger partial charge in [-0.05, 0) is 31.0 Å². The Kier molecular flexibility index (Phi) is 6.21. The van der Waals surface area contributed by atoms with Gasteiger partial charge in [-0.3, -0.25) is 4.79 Å². The van der Waals surface area contributed by atoms with Crippen LogP contribution in [0.1, 0.15) is 23.6 Å². The van der Waals surface area contributed by atoms with Crippen LogP contribution in [0.2, 0.25) is 0 Å². The van der Waals surface area contributed by atoms with Crippen LogP contribution in [0.3, 0.4) is 0 Å². The first-order valence-electron chi connectivity index (χ1n) is 5.76. The standard InChI is InChI=1S/C13H15BrF2O3/c1-3-18-12(17)6-10-9(7-14)4-8(2)5-11(10)19-13(15)16/h4-5,13H,3,6-7H2,1-2H3. The zero-order valence-electron chi connectivity index (χ0n) is 10.7. The zero-order chi connectivity index (χ0) is 14.4. The highest BCUT2D eigenvalue weighted by Crippen LogP contribution is 2.28. The molecule has 0 N–H and O–H groups in total. The molecule has 0 heterocycles. The molecule has 1 aromatic carbocycles. The van der Waals surface area contributed by atoms with Crippen molar-refractivity contribution in [2.75, 3.05) is 6.61 Å². The van der Waals surface area contributed by atoms with Crippen molar-refractivity contribution in [3.63, 3.8) is 0 Å². The van der Waals surface area contributed by atoms with E-state index in [9.17, 15) is 13.6 Å². The van der Waals surface area contributed by atoms with Gasteiger partial charge in [0.1, 0.15) is 5.75 Å². The maximum atomic E-state index is 12.4. The topological polar surface area (TPSA) is 35.5 Å². The molecule has 0 aliphatic heterocycles. The summed E-state index contributed by atoms with van der Waals surface area (Å²) in [6.45, 7) is 0.790. The average molecular weight is 337 g/mol. The van der Waals surface area contributed by atoms with Gasteiger partial charge in [0.25, 0.3) is 0 Å². The molecule has 0 aliphatic rings. The van der Waals surface area contributed by atoms with Gasteiger partial charge in [0.2, 0.25) is 0 Å². The lowest BCUT2D eigenvalue weighted by Crippen LogP contribution is -2.12. The normalized spacial score (nSPS) is 10.6. The van der Waals surface area contributed by atoms with Gasteiger partial charge < -0.3 is 9.47 Å². The molecule has 0 amide bonds. The molecule has 0 atom stereocenters. The van der Waals surface area contributed by atoms with E-state index in [0.717, 1.165) is 11.1 Å². The summed E-state index contributed by atoms with van der Waals surface area (Å²) in [6, 6.07) is 3.31. The molecule has 0 fully saturated rings. The van der Waals surface area contributed by atoms with E-state index in [-0.39, 0.29) is 18.8 Å². The molecule has 0 unspecified atom stereocenters. The highest BCUT2D eigenvalue weighted by molar-refractivity contribution is 9.08. The Morgan fingerprint density at radius 2 is 2.11 bits per heavy atom. The third-order valence-electron chi connectivity index (χ3n) is 2.43. The second kappa shape index (κ2) is 7.43. The highest BCUT2D eigenvalue weighted by atomic mass is 79.9. The molecule has 1 rings (SSSR count). The molecule has 6 heteroatoms. The number of hydrogen-bond acceptors (Lipinski definition) is 3. The molecule has 0 aromatic heterocycles. The SMILES string of the molecule is CCOC(=O)Cc1c(CBr)cc(C)cc1OC(F)F. The van der Waals surface area contributed by atoms with E-state index >= 15 is 0 Å². The molecule has 19 heavy (non-hydrogen) atoms. The summed E-state index contributed by atoms with van der Waals surface area (Å²) in [5.41, 5.74) is 1.96. The van der Waals surface area contributed by atoms with Gasteiger partial charge >= 0.3 is 12.6 Å². The quantitative estimate of drug-likeness (QED) is 0.588. The van der Waals surface area contributed by atoms with Crippen molar-refractivity contribution in [3.8, 4) is 5.75 Å². The van der Waals surface area contributed by atoms with Gasteiger partial charge in [-0.15, -0.1) is 0 Å². The van der Waals surface area contributed by atoms with Gasteiger partial charge in [-0.2, -0.15) is 8.78 Å². The average Bonchev–Trinajstić information content (AvgIpc) is 2.31. The Morgan fingerprint density at radius 3 is 2.63 bits per heavy atom. The molecular formula is C13H15BrF2O3. The number of carbonyl (C=O) groups excluding carboxylic acids is 1. The van der Waals surface area contributed by atoms with Crippen molar-refractivity contribution in [2.45, 2.75) is 32.2 Å². The molecule has 3 nitrogen and oxygen atoms in total. The minimum absolute atomic E-state index is 0.0255. The largest absolute Gasteiger partial charge is 0.466 e. The van der Waals surface area contributed by atoms with Gasteiger partial charge in [-0.1, -0.05) is 22.0 Å². The maximum absolute atomic E-state index is 12.4. The van der Waals surface area contributed by atoms with Crippen LogP contribution in [-0.2, 0) is 21.3 Å². The highest BCUT2D eigenvalue weighted by Gasteiger charge is 2.17. The zero-order valence-corrected chi connectivity index (χ0v) is 12.3. The number of esters is 1. The first-order chi connectivity index (χ1) is 8.97. The number of benzene rings is 1. The predicted octanol–water partition coefficient (Wildman–Crippen LogP) is 3.60. The summed E-state index contributed by atoms with van der Waals surface area (Å²) in [5.74, 6) is -0.440. The third kappa shape index (κ3) is 4.78. The van der Waals surface area contributed by atoms with E-state index in [1.54, 1.807) is 13.8 Å². The van der Waals surface area contributed by atoms with Crippen molar-refractivity contribution in [2.24, 2.45) is 0 Å². The van der Waals surface area contributed by atoms with Gasteiger partial charge in [0.05, 0.1) is 13.0 Å². The molecule has 0 spiro atoms. The van der Waals surface area contributed by atoms with Gasteiger partial charge in [0.15, 0.2) is 0 Å². The molecule has 0 radical (unpaired) electrons. The Bertz CT molecular complexity index is 450. The van der Waals surface area contributed by atoms with Crippen molar-refractivity contribution in [1.29, 1.82) is 0 Å². The van der Waals surface area contributed by atoms with Crippen LogP contribution in [0.4, 0.5) is 8.78 Å². The van der Waals surface area contributed by atoms with E-state index in [2.05, 4.69) is 20.7 Å². The van der Waals surface area contributed by atoms with Crippen LogP contribution in [0.25, 0.3) is 0 Å². The van der Waals surface area contributed by atoms with E-state index in [1.165, 1.54) is 6.07 Å². The van der Waals surface area contributed by atoms with Gasteiger partial charge in [-0.25, -0.2) is 0 Å². The van der Waals surface area contributed by atoms with E-state index < -0.39 is 12.6 Å². The third-order valence-corrected chi connectivity index (χ3v) is 3.04.